The molecule has 0 radical (unpaired) electrons. The first-order valence-corrected chi connectivity index (χ1v) is 4.05. The van der Waals surface area contributed by atoms with Gasteiger partial charge in [0, 0.05) is 17.0 Å². The smallest absolute Gasteiger partial charge is 0.148 e. The Balaban J connectivity index is 2.95. The van der Waals surface area contributed by atoms with Crippen molar-refractivity contribution in [3.8, 4) is 12.1 Å². The molecular weight excluding hydrogens is 174 g/mol. The molecule has 0 fully saturated rings. The van der Waals surface area contributed by atoms with Crippen molar-refractivity contribution in [2.24, 2.45) is 0 Å². The number of hydrogen-bond acceptors (Lipinski definition) is 3. The number of hydrogen-bond donors (Lipinski definition) is 0. The van der Waals surface area contributed by atoms with E-state index in [1.807, 2.05) is 6.07 Å². The van der Waals surface area contributed by atoms with Crippen LogP contribution >= 0.6 is 0 Å². The summed E-state index contributed by atoms with van der Waals surface area (Å²) in [5.74, 6) is 0. The monoisotopic (exact) mass is 179 g/mol. The second-order valence-corrected chi connectivity index (χ2v) is 2.78. The lowest BCUT2D eigenvalue weighted by Crippen LogP contribution is -1.86. The third-order valence-corrected chi connectivity index (χ3v) is 2.03. The van der Waals surface area contributed by atoms with Gasteiger partial charge in [-0.3, -0.25) is 0 Å². The van der Waals surface area contributed by atoms with Gasteiger partial charge in [-0.25, -0.2) is 4.98 Å². The highest BCUT2D eigenvalue weighted by molar-refractivity contribution is 5.90. The molecule has 0 N–H and O–H groups in total. The number of pyridine rings is 1. The lowest BCUT2D eigenvalue weighted by Gasteiger charge is -1.99. The molecule has 64 valence electrons. The molecule has 0 aliphatic heterocycles. The minimum atomic E-state index is 0.361. The van der Waals surface area contributed by atoms with E-state index in [9.17, 15) is 0 Å². The first-order chi connectivity index (χ1) is 6.86. The Kier molecular flexibility index (Phi) is 1.86. The Labute approximate surface area is 80.8 Å². The van der Waals surface area contributed by atoms with Crippen molar-refractivity contribution in [3.05, 3.63) is 41.7 Å². The Morgan fingerprint density at radius 1 is 1.00 bits per heavy atom. The fraction of sp³-hybridized carbons (Fsp3) is 0. The van der Waals surface area contributed by atoms with Crippen LogP contribution in [0.25, 0.3) is 10.8 Å². The van der Waals surface area contributed by atoms with Crippen LogP contribution in [0.4, 0.5) is 0 Å². The zero-order chi connectivity index (χ0) is 9.97. The van der Waals surface area contributed by atoms with E-state index in [1.165, 1.54) is 0 Å². The first kappa shape index (κ1) is 8.22. The Morgan fingerprint density at radius 3 is 2.57 bits per heavy atom. The quantitative estimate of drug-likeness (QED) is 0.621. The molecule has 0 aliphatic rings. The number of rotatable bonds is 0. The van der Waals surface area contributed by atoms with E-state index >= 15 is 0 Å². The summed E-state index contributed by atoms with van der Waals surface area (Å²) in [5, 5.41) is 19.2. The molecule has 1 heterocycles. The summed E-state index contributed by atoms with van der Waals surface area (Å²) >= 11 is 0. The van der Waals surface area contributed by atoms with E-state index < -0.39 is 0 Å². The minimum absolute atomic E-state index is 0.361. The first-order valence-electron chi connectivity index (χ1n) is 4.05. The maximum atomic E-state index is 8.85. The van der Waals surface area contributed by atoms with Crippen LogP contribution < -0.4 is 0 Å². The molecule has 2 rings (SSSR count). The average molecular weight is 179 g/mol. The van der Waals surface area contributed by atoms with Crippen LogP contribution in [0.2, 0.25) is 0 Å². The van der Waals surface area contributed by atoms with Gasteiger partial charge in [-0.1, -0.05) is 12.1 Å². The van der Waals surface area contributed by atoms with Crippen LogP contribution in [0.1, 0.15) is 11.3 Å². The van der Waals surface area contributed by atoms with Crippen molar-refractivity contribution in [1.82, 2.24) is 4.98 Å². The van der Waals surface area contributed by atoms with Gasteiger partial charge < -0.3 is 0 Å². The van der Waals surface area contributed by atoms with Crippen molar-refractivity contribution >= 4 is 10.8 Å². The molecule has 1 aromatic heterocycles. The predicted octanol–water partition coefficient (Wildman–Crippen LogP) is 1.98. The molecule has 0 saturated heterocycles. The Hall–Kier alpha value is -2.39. The van der Waals surface area contributed by atoms with Gasteiger partial charge in [-0.15, -0.1) is 0 Å². The molecule has 3 nitrogen and oxygen atoms in total. The van der Waals surface area contributed by atoms with Crippen molar-refractivity contribution < 1.29 is 0 Å². The van der Waals surface area contributed by atoms with Crippen LogP contribution in [0.3, 0.4) is 0 Å². The Morgan fingerprint density at radius 2 is 1.86 bits per heavy atom. The fourth-order valence-corrected chi connectivity index (χ4v) is 1.39. The van der Waals surface area contributed by atoms with Crippen molar-refractivity contribution in [1.29, 1.82) is 10.5 Å². The minimum Gasteiger partial charge on any atom is -0.245 e. The summed E-state index contributed by atoms with van der Waals surface area (Å²) in [7, 11) is 0. The summed E-state index contributed by atoms with van der Waals surface area (Å²) in [5.41, 5.74) is 0.931. The number of nitriles is 2. The predicted molar refractivity (Wildman–Crippen MR) is 51.2 cm³/mol. The molecule has 3 heteroatoms. The second-order valence-electron chi connectivity index (χ2n) is 2.78. The van der Waals surface area contributed by atoms with Gasteiger partial charge in [0.05, 0.1) is 11.6 Å². The van der Waals surface area contributed by atoms with Crippen LogP contribution in [-0.2, 0) is 0 Å². The number of benzene rings is 1. The summed E-state index contributed by atoms with van der Waals surface area (Å²) in [6.07, 6.45) is 1.54. The molecule has 2 aromatic rings. The van der Waals surface area contributed by atoms with E-state index in [0.29, 0.717) is 11.3 Å². The van der Waals surface area contributed by atoms with Gasteiger partial charge in [-0.2, -0.15) is 10.5 Å². The lowest BCUT2D eigenvalue weighted by molar-refractivity contribution is 1.29. The number of nitrogens with zero attached hydrogens (tertiary/aromatic N) is 3. The standard InChI is InChI=1S/C11H5N3/c12-6-8-2-1-3-10-9(8)4-5-14-11(10)7-13/h1-5H. The summed E-state index contributed by atoms with van der Waals surface area (Å²) in [6, 6.07) is 11.1. The third-order valence-electron chi connectivity index (χ3n) is 2.03. The molecular formula is C11H5N3. The molecule has 0 spiro atoms. The van der Waals surface area contributed by atoms with Gasteiger partial charge >= 0.3 is 0 Å². The molecule has 0 bridgehead atoms. The third kappa shape index (κ3) is 1.09. The molecule has 0 saturated carbocycles. The summed E-state index contributed by atoms with van der Waals surface area (Å²) in [4.78, 5) is 3.93. The maximum absolute atomic E-state index is 8.85. The zero-order valence-electron chi connectivity index (χ0n) is 7.23. The molecule has 14 heavy (non-hydrogen) atoms. The summed E-state index contributed by atoms with van der Waals surface area (Å²) in [6.45, 7) is 0. The van der Waals surface area contributed by atoms with Crippen LogP contribution in [0.5, 0.6) is 0 Å². The van der Waals surface area contributed by atoms with Crippen molar-refractivity contribution in [2.75, 3.05) is 0 Å². The molecule has 0 amide bonds. The van der Waals surface area contributed by atoms with E-state index in [-0.39, 0.29) is 0 Å². The molecule has 0 atom stereocenters. The maximum Gasteiger partial charge on any atom is 0.148 e. The van der Waals surface area contributed by atoms with Crippen LogP contribution in [-0.4, -0.2) is 4.98 Å². The highest BCUT2D eigenvalue weighted by Crippen LogP contribution is 2.19. The topological polar surface area (TPSA) is 60.5 Å². The van der Waals surface area contributed by atoms with Gasteiger partial charge in [0.15, 0.2) is 0 Å². The van der Waals surface area contributed by atoms with Gasteiger partial charge in [0.2, 0.25) is 0 Å². The van der Waals surface area contributed by atoms with E-state index in [4.69, 9.17) is 10.5 Å². The lowest BCUT2D eigenvalue weighted by atomic mass is 10.1. The van der Waals surface area contributed by atoms with E-state index in [0.717, 1.165) is 10.8 Å². The molecule has 0 aliphatic carbocycles. The summed E-state index contributed by atoms with van der Waals surface area (Å²) < 4.78 is 0. The van der Waals surface area contributed by atoms with E-state index in [2.05, 4.69) is 11.1 Å². The van der Waals surface area contributed by atoms with Crippen molar-refractivity contribution in [2.45, 2.75) is 0 Å². The van der Waals surface area contributed by atoms with Gasteiger partial charge in [0.25, 0.3) is 0 Å². The van der Waals surface area contributed by atoms with Crippen LogP contribution in [0.15, 0.2) is 30.5 Å². The van der Waals surface area contributed by atoms with Crippen molar-refractivity contribution in [3.63, 3.8) is 0 Å². The fourth-order valence-electron chi connectivity index (χ4n) is 1.39. The van der Waals surface area contributed by atoms with Gasteiger partial charge in [0.1, 0.15) is 11.8 Å². The van der Waals surface area contributed by atoms with E-state index in [1.54, 1.807) is 30.5 Å². The largest absolute Gasteiger partial charge is 0.245 e. The zero-order valence-corrected chi connectivity index (χ0v) is 7.23. The van der Waals surface area contributed by atoms with Gasteiger partial charge in [-0.05, 0) is 12.1 Å². The number of aromatic nitrogens is 1. The average Bonchev–Trinajstić information content (AvgIpc) is 2.27. The Bertz CT molecular complexity index is 520. The second kappa shape index (κ2) is 3.16. The van der Waals surface area contributed by atoms with Crippen LogP contribution in [0, 0.1) is 22.7 Å². The SMILES string of the molecule is N#Cc1cccc2c(C#N)nccc12. The highest BCUT2D eigenvalue weighted by Gasteiger charge is 2.03. The molecule has 0 unspecified atom stereocenters. The normalized spacial score (nSPS) is 9.29. The molecule has 1 aromatic carbocycles. The number of fused-ring (bicyclic) bond motifs is 1. The highest BCUT2D eigenvalue weighted by atomic mass is 14.7.